The highest BCUT2D eigenvalue weighted by molar-refractivity contribution is 5.85. The summed E-state index contributed by atoms with van der Waals surface area (Å²) in [6.45, 7) is 2.06. The Hall–Kier alpha value is -1.94. The lowest BCUT2D eigenvalue weighted by atomic mass is 10.1. The molecule has 1 N–H and O–H groups in total. The van der Waals surface area contributed by atoms with Gasteiger partial charge in [0, 0.05) is 18.2 Å². The van der Waals surface area contributed by atoms with Crippen LogP contribution in [0.1, 0.15) is 26.2 Å². The molecular formula is C15H18ClN3O. The van der Waals surface area contributed by atoms with Gasteiger partial charge in [-0.25, -0.2) is 4.99 Å². The number of nitrogens with zero attached hydrogens (tertiary/aromatic N) is 2. The van der Waals surface area contributed by atoms with Crippen molar-refractivity contribution in [1.82, 2.24) is 10.2 Å². The number of halogens is 1. The number of hydrogen-bond donors (Lipinski definition) is 1. The Balaban J connectivity index is 0.00000200. The third-order valence-electron chi connectivity index (χ3n) is 2.77. The maximum absolute atomic E-state index is 11.8. The monoisotopic (exact) mass is 291 g/mol. The van der Waals surface area contributed by atoms with Crippen molar-refractivity contribution in [2.24, 2.45) is 4.99 Å². The molecule has 0 aliphatic rings. The highest BCUT2D eigenvalue weighted by atomic mass is 35.5. The second-order valence-corrected chi connectivity index (χ2v) is 4.28. The number of nitrogens with one attached hydrogen (secondary N) is 1. The summed E-state index contributed by atoms with van der Waals surface area (Å²) in [5.74, 6) is -0.0907. The second-order valence-electron chi connectivity index (χ2n) is 4.28. The first-order valence-corrected chi connectivity index (χ1v) is 6.48. The van der Waals surface area contributed by atoms with Gasteiger partial charge in [-0.05, 0) is 12.5 Å². The van der Waals surface area contributed by atoms with Crippen molar-refractivity contribution >= 4 is 18.3 Å². The number of amides is 1. The molecule has 0 radical (unpaired) electrons. The smallest absolute Gasteiger partial charge is 0.246 e. The summed E-state index contributed by atoms with van der Waals surface area (Å²) in [6.07, 6.45) is 4.03. The van der Waals surface area contributed by atoms with Gasteiger partial charge in [0.25, 0.3) is 0 Å². The fourth-order valence-electron chi connectivity index (χ4n) is 1.77. The molecule has 4 nitrogen and oxygen atoms in total. The van der Waals surface area contributed by atoms with Crippen LogP contribution in [0.15, 0.2) is 47.6 Å². The van der Waals surface area contributed by atoms with Crippen molar-refractivity contribution in [2.75, 3.05) is 0 Å². The predicted molar refractivity (Wildman–Crippen MR) is 81.4 cm³/mol. The zero-order valence-corrected chi connectivity index (χ0v) is 12.2. The van der Waals surface area contributed by atoms with Crippen LogP contribution in [-0.2, 0) is 4.79 Å². The van der Waals surface area contributed by atoms with Crippen molar-refractivity contribution in [2.45, 2.75) is 26.2 Å². The molecule has 0 spiro atoms. The fraction of sp³-hybridized carbons (Fsp3) is 0.267. The number of carbonyl (C=O) groups is 1. The van der Waals surface area contributed by atoms with Crippen LogP contribution in [-0.4, -0.2) is 16.1 Å². The maximum atomic E-state index is 11.8. The minimum absolute atomic E-state index is 0. The Bertz CT molecular complexity index is 608. The van der Waals surface area contributed by atoms with E-state index >= 15 is 0 Å². The predicted octanol–water partition coefficient (Wildman–Crippen LogP) is 3.12. The Kier molecular flexibility index (Phi) is 6.67. The van der Waals surface area contributed by atoms with Gasteiger partial charge in [0.15, 0.2) is 0 Å². The van der Waals surface area contributed by atoms with Crippen molar-refractivity contribution in [3.63, 3.8) is 0 Å². The van der Waals surface area contributed by atoms with E-state index in [0.29, 0.717) is 17.5 Å². The molecule has 1 aromatic carbocycles. The summed E-state index contributed by atoms with van der Waals surface area (Å²) in [5, 5.41) is 7.62. The third-order valence-corrected chi connectivity index (χ3v) is 2.77. The Labute approximate surface area is 124 Å². The minimum atomic E-state index is -0.0907. The summed E-state index contributed by atoms with van der Waals surface area (Å²) in [7, 11) is 0. The molecule has 2 aromatic rings. The first kappa shape index (κ1) is 16.1. The molecule has 0 bridgehead atoms. The molecule has 0 saturated carbocycles. The van der Waals surface area contributed by atoms with Gasteiger partial charge < -0.3 is 0 Å². The van der Waals surface area contributed by atoms with Crippen LogP contribution in [0.2, 0.25) is 0 Å². The normalized spacial score (nSPS) is 10.9. The van der Waals surface area contributed by atoms with Crippen molar-refractivity contribution < 1.29 is 4.79 Å². The van der Waals surface area contributed by atoms with E-state index in [0.717, 1.165) is 18.4 Å². The van der Waals surface area contributed by atoms with E-state index in [1.807, 2.05) is 30.3 Å². The molecule has 20 heavy (non-hydrogen) atoms. The maximum Gasteiger partial charge on any atom is 0.246 e. The van der Waals surface area contributed by atoms with Gasteiger partial charge in [0.1, 0.15) is 5.69 Å². The molecule has 1 amide bonds. The van der Waals surface area contributed by atoms with Crippen LogP contribution in [0.4, 0.5) is 0 Å². The molecule has 0 atom stereocenters. The van der Waals surface area contributed by atoms with Gasteiger partial charge >= 0.3 is 0 Å². The van der Waals surface area contributed by atoms with Gasteiger partial charge in [-0.2, -0.15) is 5.10 Å². The molecule has 106 valence electrons. The molecule has 0 saturated heterocycles. The zero-order valence-electron chi connectivity index (χ0n) is 11.4. The second kappa shape index (κ2) is 8.27. The summed E-state index contributed by atoms with van der Waals surface area (Å²) in [4.78, 5) is 15.9. The summed E-state index contributed by atoms with van der Waals surface area (Å²) < 4.78 is 0. The van der Waals surface area contributed by atoms with E-state index in [1.165, 1.54) is 0 Å². The molecule has 0 aliphatic heterocycles. The first-order valence-electron chi connectivity index (χ1n) is 6.48. The first-order chi connectivity index (χ1) is 9.31. The van der Waals surface area contributed by atoms with E-state index in [1.54, 1.807) is 12.3 Å². The SMILES string of the molecule is CCCCC(=O)N=c1cc[nH]nc1-c1ccccc1.Cl. The molecule has 1 aromatic heterocycles. The highest BCUT2D eigenvalue weighted by Crippen LogP contribution is 2.10. The highest BCUT2D eigenvalue weighted by Gasteiger charge is 2.04. The summed E-state index contributed by atoms with van der Waals surface area (Å²) in [5.41, 5.74) is 1.65. The van der Waals surface area contributed by atoms with Crippen molar-refractivity contribution in [3.8, 4) is 11.3 Å². The van der Waals surface area contributed by atoms with Gasteiger partial charge in [0.2, 0.25) is 5.91 Å². The van der Waals surface area contributed by atoms with Crippen LogP contribution in [0.5, 0.6) is 0 Å². The minimum Gasteiger partial charge on any atom is -0.285 e. The van der Waals surface area contributed by atoms with Gasteiger partial charge in [0.05, 0.1) is 5.36 Å². The molecular weight excluding hydrogens is 274 g/mol. The molecule has 5 heteroatoms. The Morgan fingerprint density at radius 2 is 2.00 bits per heavy atom. The summed E-state index contributed by atoms with van der Waals surface area (Å²) in [6, 6.07) is 11.5. The molecule has 2 rings (SSSR count). The van der Waals surface area contributed by atoms with Crippen LogP contribution < -0.4 is 5.36 Å². The molecule has 1 heterocycles. The quantitative estimate of drug-likeness (QED) is 0.941. The number of aromatic nitrogens is 2. The lowest BCUT2D eigenvalue weighted by Gasteiger charge is -2.00. The topological polar surface area (TPSA) is 58.1 Å². The third kappa shape index (κ3) is 4.31. The van der Waals surface area contributed by atoms with E-state index in [2.05, 4.69) is 22.1 Å². The fourth-order valence-corrected chi connectivity index (χ4v) is 1.77. The lowest BCUT2D eigenvalue weighted by Crippen LogP contribution is -2.12. The number of hydrogen-bond acceptors (Lipinski definition) is 2. The number of carbonyl (C=O) groups excluding carboxylic acids is 1. The van der Waals surface area contributed by atoms with Crippen LogP contribution >= 0.6 is 12.4 Å². The number of H-pyrrole nitrogens is 1. The van der Waals surface area contributed by atoms with Gasteiger partial charge in [-0.1, -0.05) is 43.7 Å². The summed E-state index contributed by atoms with van der Waals surface area (Å²) >= 11 is 0. The number of rotatable bonds is 4. The molecule has 0 unspecified atom stereocenters. The largest absolute Gasteiger partial charge is 0.285 e. The lowest BCUT2D eigenvalue weighted by molar-refractivity contribution is -0.118. The van der Waals surface area contributed by atoms with Gasteiger partial charge in [-0.3, -0.25) is 9.89 Å². The average molecular weight is 292 g/mol. The molecule has 0 fully saturated rings. The Morgan fingerprint density at radius 1 is 1.25 bits per heavy atom. The van der Waals surface area contributed by atoms with Gasteiger partial charge in [-0.15, -0.1) is 12.4 Å². The average Bonchev–Trinajstić information content (AvgIpc) is 2.46. The number of benzene rings is 1. The molecule has 0 aliphatic carbocycles. The van der Waals surface area contributed by atoms with E-state index in [-0.39, 0.29) is 18.3 Å². The van der Waals surface area contributed by atoms with E-state index in [4.69, 9.17) is 0 Å². The van der Waals surface area contributed by atoms with Crippen LogP contribution in [0, 0.1) is 0 Å². The zero-order chi connectivity index (χ0) is 13.5. The van der Waals surface area contributed by atoms with Crippen LogP contribution in [0.25, 0.3) is 11.3 Å². The standard InChI is InChI=1S/C15H17N3O.ClH/c1-2-3-9-14(19)17-13-10-11-16-18-15(13)12-7-5-4-6-8-12;/h4-8,10-11H,2-3,9H2,1H3,(H,16,17,19);1H. The number of aromatic amines is 1. The van der Waals surface area contributed by atoms with Crippen LogP contribution in [0.3, 0.4) is 0 Å². The number of unbranched alkanes of at least 4 members (excludes halogenated alkanes) is 1. The van der Waals surface area contributed by atoms with Crippen molar-refractivity contribution in [3.05, 3.63) is 48.0 Å². The van der Waals surface area contributed by atoms with E-state index < -0.39 is 0 Å². The van der Waals surface area contributed by atoms with Crippen molar-refractivity contribution in [1.29, 1.82) is 0 Å². The van der Waals surface area contributed by atoms with E-state index in [9.17, 15) is 4.79 Å². The Morgan fingerprint density at radius 3 is 2.70 bits per heavy atom.